The number of likely N-dealkylation sites (tertiary alicyclic amines) is 1. The second kappa shape index (κ2) is 11.1. The highest BCUT2D eigenvalue weighted by atomic mass is 19.1. The number of morpholine rings is 1. The number of carboxylic acids is 1. The molecule has 0 aliphatic carbocycles. The van der Waals surface area contributed by atoms with E-state index in [0.29, 0.717) is 52.1 Å². The number of benzene rings is 1. The molecule has 1 unspecified atom stereocenters. The Hall–Kier alpha value is -2.71. The molecule has 2 N–H and O–H groups in total. The van der Waals surface area contributed by atoms with E-state index in [1.54, 1.807) is 0 Å². The van der Waals surface area contributed by atoms with Gasteiger partial charge in [0.2, 0.25) is 0 Å². The molecule has 2 fully saturated rings. The van der Waals surface area contributed by atoms with Crippen LogP contribution < -0.4 is 10.2 Å². The molecule has 1 aromatic heterocycles. The summed E-state index contributed by atoms with van der Waals surface area (Å²) in [5, 5.41) is 13.0. The number of aliphatic carboxylic acids is 1. The van der Waals surface area contributed by atoms with Crippen molar-refractivity contribution in [3.8, 4) is 0 Å². The zero-order chi connectivity index (χ0) is 25.0. The molecular weight excluding hydrogens is 459 g/mol. The van der Waals surface area contributed by atoms with E-state index in [2.05, 4.69) is 33.3 Å². The first-order valence-electron chi connectivity index (χ1n) is 13.3. The molecule has 7 nitrogen and oxygen atoms in total. The van der Waals surface area contributed by atoms with Gasteiger partial charge in [-0.15, -0.1) is 0 Å². The number of hydrogen-bond acceptors (Lipinski definition) is 6. The number of pyridine rings is 1. The van der Waals surface area contributed by atoms with Crippen LogP contribution in [-0.2, 0) is 22.4 Å². The van der Waals surface area contributed by atoms with Gasteiger partial charge in [0.25, 0.3) is 0 Å². The normalized spacial score (nSPS) is 23.2. The predicted molar refractivity (Wildman–Crippen MR) is 139 cm³/mol. The van der Waals surface area contributed by atoms with Gasteiger partial charge >= 0.3 is 5.97 Å². The molecule has 4 heterocycles. The molecule has 0 spiro atoms. The summed E-state index contributed by atoms with van der Waals surface area (Å²) in [6.45, 7) is 5.55. The van der Waals surface area contributed by atoms with Crippen LogP contribution in [0.3, 0.4) is 0 Å². The zero-order valence-corrected chi connectivity index (χ0v) is 20.9. The maximum atomic E-state index is 15.8. The van der Waals surface area contributed by atoms with Crippen molar-refractivity contribution in [3.05, 3.63) is 53.2 Å². The number of carboxylic acid groups (broad SMARTS) is 1. The van der Waals surface area contributed by atoms with Gasteiger partial charge in [0.15, 0.2) is 0 Å². The summed E-state index contributed by atoms with van der Waals surface area (Å²) in [4.78, 5) is 20.8. The molecule has 0 amide bonds. The van der Waals surface area contributed by atoms with E-state index in [1.165, 1.54) is 5.56 Å². The minimum Gasteiger partial charge on any atom is -0.481 e. The first-order valence-corrected chi connectivity index (χ1v) is 13.3. The number of hydrogen-bond donors (Lipinski definition) is 2. The molecule has 36 heavy (non-hydrogen) atoms. The lowest BCUT2D eigenvalue weighted by molar-refractivity contribution is -0.137. The van der Waals surface area contributed by atoms with Crippen molar-refractivity contribution in [1.82, 2.24) is 9.88 Å². The Morgan fingerprint density at radius 1 is 1.22 bits per heavy atom. The van der Waals surface area contributed by atoms with Crippen LogP contribution in [0.5, 0.6) is 0 Å². The Morgan fingerprint density at radius 2 is 2.08 bits per heavy atom. The van der Waals surface area contributed by atoms with Crippen LogP contribution >= 0.6 is 0 Å². The number of carbonyl (C=O) groups is 1. The van der Waals surface area contributed by atoms with Gasteiger partial charge in [-0.3, -0.25) is 9.69 Å². The SMILES string of the molecule is O=C(O)C[C@H](CN1CCC(F)(CCc2ccc3c(n2)NCCC3)C1)c1cccc(N2CCOCC2)c1. The van der Waals surface area contributed by atoms with Crippen molar-refractivity contribution in [1.29, 1.82) is 0 Å². The Bertz CT molecular complexity index is 1060. The molecular formula is C28H37FN4O3. The fourth-order valence-electron chi connectivity index (χ4n) is 5.74. The molecule has 3 aliphatic rings. The topological polar surface area (TPSA) is 77.9 Å². The first-order chi connectivity index (χ1) is 17.5. The summed E-state index contributed by atoms with van der Waals surface area (Å²) >= 11 is 0. The lowest BCUT2D eigenvalue weighted by Gasteiger charge is -2.30. The summed E-state index contributed by atoms with van der Waals surface area (Å²) in [6.07, 6.45) is 3.73. The predicted octanol–water partition coefficient (Wildman–Crippen LogP) is 3.88. The van der Waals surface area contributed by atoms with Crippen LogP contribution in [0.4, 0.5) is 15.9 Å². The van der Waals surface area contributed by atoms with Crippen molar-refractivity contribution in [2.75, 3.05) is 62.7 Å². The van der Waals surface area contributed by atoms with Crippen molar-refractivity contribution >= 4 is 17.5 Å². The highest BCUT2D eigenvalue weighted by molar-refractivity contribution is 5.68. The van der Waals surface area contributed by atoms with E-state index in [0.717, 1.165) is 55.2 Å². The Labute approximate surface area is 212 Å². The average Bonchev–Trinajstić information content (AvgIpc) is 3.28. The summed E-state index contributed by atoms with van der Waals surface area (Å²) in [7, 11) is 0. The maximum Gasteiger partial charge on any atom is 0.304 e. The van der Waals surface area contributed by atoms with Gasteiger partial charge in [-0.2, -0.15) is 0 Å². The van der Waals surface area contributed by atoms with Gasteiger partial charge in [0.1, 0.15) is 11.5 Å². The average molecular weight is 497 g/mol. The fraction of sp³-hybridized carbons (Fsp3) is 0.571. The molecule has 2 aromatic rings. The largest absolute Gasteiger partial charge is 0.481 e. The minimum atomic E-state index is -1.27. The molecule has 0 saturated carbocycles. The molecule has 1 aromatic carbocycles. The van der Waals surface area contributed by atoms with E-state index in [9.17, 15) is 9.90 Å². The Balaban J connectivity index is 1.21. The van der Waals surface area contributed by atoms with Crippen LogP contribution in [0, 0.1) is 0 Å². The Morgan fingerprint density at radius 3 is 2.92 bits per heavy atom. The standard InChI is InChI=1S/C28H37FN4O3/c29-28(9-8-24-7-6-21-4-2-11-30-27(21)31-24)10-12-32(20-28)19-23(18-26(34)35)22-3-1-5-25(17-22)33-13-15-36-16-14-33/h1,3,5-7,17,23H,2,4,8-16,18-20H2,(H,30,31)(H,34,35)/t23-,28?/m1/s1. The van der Waals surface area contributed by atoms with E-state index in [1.807, 2.05) is 18.2 Å². The number of halogens is 1. The molecule has 0 radical (unpaired) electrons. The molecule has 2 atom stereocenters. The lowest BCUT2D eigenvalue weighted by atomic mass is 9.94. The van der Waals surface area contributed by atoms with Crippen molar-refractivity contribution in [3.63, 3.8) is 0 Å². The smallest absolute Gasteiger partial charge is 0.304 e. The van der Waals surface area contributed by atoms with Gasteiger partial charge in [-0.05, 0) is 61.4 Å². The summed E-state index contributed by atoms with van der Waals surface area (Å²) in [5.41, 5.74) is 3.01. The number of aryl methyl sites for hydroxylation is 2. The molecule has 5 rings (SSSR count). The third kappa shape index (κ3) is 6.16. The van der Waals surface area contributed by atoms with Crippen LogP contribution in [0.1, 0.15) is 48.4 Å². The van der Waals surface area contributed by atoms with E-state index in [-0.39, 0.29) is 12.3 Å². The minimum absolute atomic E-state index is 0.0361. The molecule has 8 heteroatoms. The second-order valence-electron chi connectivity index (χ2n) is 10.5. The van der Waals surface area contributed by atoms with Gasteiger partial charge in [-0.1, -0.05) is 18.2 Å². The van der Waals surface area contributed by atoms with Gasteiger partial charge in [-0.25, -0.2) is 9.37 Å². The number of alkyl halides is 1. The number of anilines is 2. The molecule has 0 bridgehead atoms. The number of ether oxygens (including phenoxy) is 1. The molecule has 3 aliphatic heterocycles. The van der Waals surface area contributed by atoms with E-state index < -0.39 is 11.6 Å². The van der Waals surface area contributed by atoms with Crippen molar-refractivity contribution in [2.24, 2.45) is 0 Å². The quantitative estimate of drug-likeness (QED) is 0.546. The summed E-state index contributed by atoms with van der Waals surface area (Å²) < 4.78 is 21.3. The van der Waals surface area contributed by atoms with Crippen LogP contribution in [0.15, 0.2) is 36.4 Å². The van der Waals surface area contributed by atoms with Crippen molar-refractivity contribution < 1.29 is 19.0 Å². The van der Waals surface area contributed by atoms with Gasteiger partial charge in [0, 0.05) is 56.6 Å². The first kappa shape index (κ1) is 25.0. The molecule has 194 valence electrons. The van der Waals surface area contributed by atoms with Crippen molar-refractivity contribution in [2.45, 2.75) is 50.1 Å². The van der Waals surface area contributed by atoms with E-state index in [4.69, 9.17) is 9.72 Å². The van der Waals surface area contributed by atoms with Crippen LogP contribution in [-0.4, -0.2) is 79.1 Å². The van der Waals surface area contributed by atoms with Gasteiger partial charge < -0.3 is 20.1 Å². The summed E-state index contributed by atoms with van der Waals surface area (Å²) in [6, 6.07) is 12.3. The number of rotatable bonds is 9. The zero-order valence-electron chi connectivity index (χ0n) is 20.9. The highest BCUT2D eigenvalue weighted by Crippen LogP contribution is 2.34. The molecule has 2 saturated heterocycles. The number of nitrogens with one attached hydrogen (secondary N) is 1. The van der Waals surface area contributed by atoms with Crippen LogP contribution in [0.2, 0.25) is 0 Å². The fourth-order valence-corrected chi connectivity index (χ4v) is 5.74. The monoisotopic (exact) mass is 496 g/mol. The second-order valence-corrected chi connectivity index (χ2v) is 10.5. The number of nitrogens with zero attached hydrogens (tertiary/aromatic N) is 3. The van der Waals surface area contributed by atoms with Crippen LogP contribution in [0.25, 0.3) is 0 Å². The number of aromatic nitrogens is 1. The highest BCUT2D eigenvalue weighted by Gasteiger charge is 2.39. The maximum absolute atomic E-state index is 15.8. The third-order valence-electron chi connectivity index (χ3n) is 7.78. The number of fused-ring (bicyclic) bond motifs is 1. The van der Waals surface area contributed by atoms with Gasteiger partial charge in [0.05, 0.1) is 19.6 Å². The summed E-state index contributed by atoms with van der Waals surface area (Å²) in [5.74, 6) is -0.0515. The van der Waals surface area contributed by atoms with E-state index >= 15 is 4.39 Å². The third-order valence-corrected chi connectivity index (χ3v) is 7.78. The lowest BCUT2D eigenvalue weighted by Crippen LogP contribution is -2.36. The Kier molecular flexibility index (Phi) is 7.72.